The van der Waals surface area contributed by atoms with Crippen molar-refractivity contribution in [2.45, 2.75) is 55.9 Å². The minimum absolute atomic E-state index is 0.0739. The summed E-state index contributed by atoms with van der Waals surface area (Å²) < 4.78 is 124. The predicted octanol–water partition coefficient (Wildman–Crippen LogP) is 5.11. The summed E-state index contributed by atoms with van der Waals surface area (Å²) in [6.45, 7) is 0.968. The molecule has 5 rings (SSSR count). The van der Waals surface area contributed by atoms with Gasteiger partial charge in [-0.15, -0.1) is 5.10 Å². The minimum atomic E-state index is -4.89. The molecular weight excluding hydrogens is 581 g/mol. The molecule has 1 aromatic carbocycles. The highest BCUT2D eigenvalue weighted by atomic mass is 32.2. The highest BCUT2D eigenvalue weighted by molar-refractivity contribution is 7.91. The van der Waals surface area contributed by atoms with Crippen molar-refractivity contribution < 1.29 is 43.9 Å². The zero-order valence-electron chi connectivity index (χ0n) is 21.8. The molecule has 1 saturated heterocycles. The molecular formula is C26H25F7N4O3S. The number of sulfone groups is 1. The molecule has 2 aromatic heterocycles. The maximum absolute atomic E-state index is 14.4. The fourth-order valence-corrected chi connectivity index (χ4v) is 7.47. The van der Waals surface area contributed by atoms with Crippen LogP contribution in [0.3, 0.4) is 0 Å². The lowest BCUT2D eigenvalue weighted by Crippen LogP contribution is -2.44. The second kappa shape index (κ2) is 9.66. The number of carbonyl (C=O) groups is 1. The number of benzene rings is 1. The number of halogens is 7. The first kappa shape index (κ1) is 29.3. The number of carbonyl (C=O) groups excluding carboxylic acids is 1. The van der Waals surface area contributed by atoms with Gasteiger partial charge in [-0.25, -0.2) is 17.9 Å². The molecule has 15 heteroatoms. The Hall–Kier alpha value is -3.23. The Bertz CT molecular complexity index is 1590. The average Bonchev–Trinajstić information content (AvgIpc) is 3.40. The normalized spacial score (nSPS) is 23.9. The van der Waals surface area contributed by atoms with Gasteiger partial charge >= 0.3 is 12.4 Å². The number of nitrogens with zero attached hydrogens (tertiary/aromatic N) is 4. The lowest BCUT2D eigenvalue weighted by Gasteiger charge is -2.34. The number of amides is 1. The van der Waals surface area contributed by atoms with Crippen LogP contribution in [-0.4, -0.2) is 64.7 Å². The first-order chi connectivity index (χ1) is 18.9. The zero-order valence-corrected chi connectivity index (χ0v) is 22.6. The molecule has 222 valence electrons. The van der Waals surface area contributed by atoms with Crippen LogP contribution in [0.25, 0.3) is 5.65 Å². The van der Waals surface area contributed by atoms with E-state index in [1.165, 1.54) is 18.3 Å². The van der Waals surface area contributed by atoms with Crippen LogP contribution >= 0.6 is 0 Å². The van der Waals surface area contributed by atoms with Gasteiger partial charge in [0.1, 0.15) is 15.3 Å². The van der Waals surface area contributed by atoms with Gasteiger partial charge in [-0.3, -0.25) is 4.79 Å². The van der Waals surface area contributed by atoms with E-state index in [-0.39, 0.29) is 52.4 Å². The molecule has 1 fully saturated rings. The molecule has 0 bridgehead atoms. The van der Waals surface area contributed by atoms with Crippen molar-refractivity contribution in [2.75, 3.05) is 18.6 Å². The number of fused-ring (bicyclic) bond motifs is 3. The Morgan fingerprint density at radius 2 is 1.71 bits per heavy atom. The largest absolute Gasteiger partial charge is 0.413 e. The second-order valence-corrected chi connectivity index (χ2v) is 13.2. The van der Waals surface area contributed by atoms with Crippen LogP contribution in [0.4, 0.5) is 30.7 Å². The number of hydrogen-bond donors (Lipinski definition) is 0. The summed E-state index contributed by atoms with van der Waals surface area (Å²) in [7, 11) is -2.33. The Balaban J connectivity index is 1.48. The van der Waals surface area contributed by atoms with Crippen molar-refractivity contribution in [3.05, 3.63) is 64.9 Å². The van der Waals surface area contributed by atoms with E-state index in [1.807, 2.05) is 0 Å². The first-order valence-corrected chi connectivity index (χ1v) is 14.5. The summed E-state index contributed by atoms with van der Waals surface area (Å²) in [5, 5.41) is 3.56. The summed E-state index contributed by atoms with van der Waals surface area (Å²) in [5.74, 6) is -4.21. The van der Waals surface area contributed by atoms with E-state index in [0.29, 0.717) is 4.90 Å². The molecule has 1 unspecified atom stereocenters. The van der Waals surface area contributed by atoms with Crippen molar-refractivity contribution >= 4 is 21.4 Å². The molecule has 3 aromatic rings. The van der Waals surface area contributed by atoms with Gasteiger partial charge in [0.25, 0.3) is 0 Å². The summed E-state index contributed by atoms with van der Waals surface area (Å²) in [5.41, 5.74) is -2.74. The van der Waals surface area contributed by atoms with E-state index < -0.39 is 63.8 Å². The van der Waals surface area contributed by atoms with E-state index in [9.17, 15) is 43.9 Å². The van der Waals surface area contributed by atoms with Gasteiger partial charge in [0.15, 0.2) is 11.7 Å². The van der Waals surface area contributed by atoms with E-state index in [0.717, 1.165) is 36.7 Å². The maximum Gasteiger partial charge on any atom is 0.413 e. The maximum atomic E-state index is 14.4. The zero-order chi connectivity index (χ0) is 30.1. The molecule has 7 nitrogen and oxygen atoms in total. The molecule has 0 radical (unpaired) electrons. The van der Waals surface area contributed by atoms with Crippen LogP contribution in [0.15, 0.2) is 36.5 Å². The van der Waals surface area contributed by atoms with Crippen LogP contribution in [0.1, 0.15) is 60.5 Å². The second-order valence-electron chi connectivity index (χ2n) is 10.9. The van der Waals surface area contributed by atoms with Crippen LogP contribution in [-0.2, 0) is 20.0 Å². The quantitative estimate of drug-likeness (QED) is 0.386. The van der Waals surface area contributed by atoms with Gasteiger partial charge < -0.3 is 4.90 Å². The minimum Gasteiger partial charge on any atom is -0.330 e. The number of rotatable bonds is 4. The van der Waals surface area contributed by atoms with Crippen molar-refractivity contribution in [1.29, 1.82) is 0 Å². The predicted molar refractivity (Wildman–Crippen MR) is 132 cm³/mol. The third-order valence-electron chi connectivity index (χ3n) is 8.22. The smallest absolute Gasteiger partial charge is 0.330 e. The summed E-state index contributed by atoms with van der Waals surface area (Å²) in [6.07, 6.45) is -9.09. The van der Waals surface area contributed by atoms with Gasteiger partial charge in [0.2, 0.25) is 11.9 Å². The molecule has 1 amide bonds. The monoisotopic (exact) mass is 606 g/mol. The Kier molecular flexibility index (Phi) is 6.90. The number of hydrogen-bond acceptors (Lipinski definition) is 5. The molecule has 1 aliphatic heterocycles. The first-order valence-electron chi connectivity index (χ1n) is 12.7. The topological polar surface area (TPSA) is 84.6 Å². The third kappa shape index (κ3) is 5.06. The van der Waals surface area contributed by atoms with E-state index in [4.69, 9.17) is 0 Å². The molecule has 1 aliphatic carbocycles. The Morgan fingerprint density at radius 3 is 2.27 bits per heavy atom. The molecule has 41 heavy (non-hydrogen) atoms. The van der Waals surface area contributed by atoms with Gasteiger partial charge in [-0.05, 0) is 37.3 Å². The van der Waals surface area contributed by atoms with E-state index in [1.54, 1.807) is 0 Å². The van der Waals surface area contributed by atoms with Crippen molar-refractivity contribution in [3.8, 4) is 0 Å². The highest BCUT2D eigenvalue weighted by Crippen LogP contribution is 2.56. The lowest BCUT2D eigenvalue weighted by molar-refractivity contribution is -0.190. The standard InChI is InChI=1S/C26H25F7N4O3S/c1-24(26(31,32)33)12-17(18-13-34-20-11-19(27)35-37(20)22(18)24)14-3-5-15(6-4-14)21(25(28,29)30)36(2)23(38)16-7-9-41(39,40)10-8-16/h3-6,11,13,16-17,21H,7-10,12H2,1-2H3/t17-,21+,24?/m0/s1. The Morgan fingerprint density at radius 1 is 1.10 bits per heavy atom. The molecule has 0 spiro atoms. The summed E-state index contributed by atoms with van der Waals surface area (Å²) >= 11 is 0. The molecule has 0 saturated carbocycles. The highest BCUT2D eigenvalue weighted by Gasteiger charge is 2.60. The number of alkyl halides is 6. The van der Waals surface area contributed by atoms with Crippen LogP contribution < -0.4 is 0 Å². The summed E-state index contributed by atoms with van der Waals surface area (Å²) in [6, 6.07) is 3.34. The van der Waals surface area contributed by atoms with Crippen LogP contribution in [0.5, 0.6) is 0 Å². The van der Waals surface area contributed by atoms with Crippen LogP contribution in [0.2, 0.25) is 0 Å². The summed E-state index contributed by atoms with van der Waals surface area (Å²) in [4.78, 5) is 17.5. The van der Waals surface area contributed by atoms with E-state index >= 15 is 0 Å². The van der Waals surface area contributed by atoms with E-state index in [2.05, 4.69) is 10.1 Å². The van der Waals surface area contributed by atoms with Crippen LogP contribution in [0, 0.1) is 11.9 Å². The molecule has 2 aliphatic rings. The third-order valence-corrected chi connectivity index (χ3v) is 9.94. The van der Waals surface area contributed by atoms with Gasteiger partial charge in [0.05, 0.1) is 17.2 Å². The Labute approximate surface area is 230 Å². The molecule has 3 atom stereocenters. The lowest BCUT2D eigenvalue weighted by atomic mass is 9.83. The van der Waals surface area contributed by atoms with Gasteiger partial charge in [-0.1, -0.05) is 24.3 Å². The average molecular weight is 607 g/mol. The van der Waals surface area contributed by atoms with Gasteiger partial charge in [-0.2, -0.15) is 30.7 Å². The van der Waals surface area contributed by atoms with Crippen molar-refractivity contribution in [3.63, 3.8) is 0 Å². The molecule has 3 heterocycles. The number of aromatic nitrogens is 3. The molecule has 0 N–H and O–H groups in total. The van der Waals surface area contributed by atoms with Gasteiger partial charge in [0, 0.05) is 36.7 Å². The fourth-order valence-electron chi connectivity index (χ4n) is 5.98. The SMILES string of the molecule is CN(C(=O)C1CCS(=O)(=O)CC1)[C@H](c1ccc([C@@H]2CC(C)(C(F)(F)F)c3c2cnc2cc(F)nn32)cc1)C(F)(F)F. The van der Waals surface area contributed by atoms with Crippen molar-refractivity contribution in [2.24, 2.45) is 5.92 Å². The fraction of sp³-hybridized carbons (Fsp3) is 0.500. The van der Waals surface area contributed by atoms with Crippen molar-refractivity contribution in [1.82, 2.24) is 19.5 Å².